The maximum atomic E-state index is 10.6. The van der Waals surface area contributed by atoms with E-state index in [4.69, 9.17) is 9.47 Å². The molecule has 0 aliphatic carbocycles. The van der Waals surface area contributed by atoms with Gasteiger partial charge in [-0.05, 0) is 12.0 Å². The molecule has 0 heterocycles. The summed E-state index contributed by atoms with van der Waals surface area (Å²) in [6.45, 7) is 8.43. The first-order chi connectivity index (χ1) is 6.16. The van der Waals surface area contributed by atoms with Crippen molar-refractivity contribution < 1.29 is 14.3 Å². The van der Waals surface area contributed by atoms with Crippen molar-refractivity contribution in [2.24, 2.45) is 5.92 Å². The average molecular weight is 187 g/mol. The monoisotopic (exact) mass is 187 g/mol. The Labute approximate surface area is 78.9 Å². The zero-order valence-corrected chi connectivity index (χ0v) is 8.21. The molecule has 0 aromatic carbocycles. The first kappa shape index (κ1) is 12.1. The lowest BCUT2D eigenvalue weighted by Gasteiger charge is -2.07. The number of carbonyl (C=O) groups excluding carboxylic acids is 1. The van der Waals surface area contributed by atoms with Gasteiger partial charge in [0.1, 0.15) is 13.5 Å². The minimum Gasteiger partial charge on any atom is -0.355 e. The molecule has 0 aliphatic rings. The van der Waals surface area contributed by atoms with Crippen LogP contribution in [0.1, 0.15) is 13.8 Å². The molecule has 13 heavy (non-hydrogen) atoms. The molecule has 0 spiro atoms. The van der Waals surface area contributed by atoms with E-state index in [9.17, 15) is 4.79 Å². The van der Waals surface area contributed by atoms with Crippen molar-refractivity contribution in [2.45, 2.75) is 13.8 Å². The summed E-state index contributed by atoms with van der Waals surface area (Å²) in [7, 11) is 0. The fourth-order valence-electron chi connectivity index (χ4n) is 0.579. The van der Waals surface area contributed by atoms with E-state index in [0.29, 0.717) is 12.5 Å². The summed E-state index contributed by atoms with van der Waals surface area (Å²) in [5, 5.41) is 2.46. The highest BCUT2D eigenvalue weighted by Gasteiger charge is 1.94. The Hall–Kier alpha value is -0.870. The quantitative estimate of drug-likeness (QED) is 0.366. The minimum atomic E-state index is -0.246. The summed E-state index contributed by atoms with van der Waals surface area (Å²) < 4.78 is 10.1. The van der Waals surface area contributed by atoms with Crippen molar-refractivity contribution in [1.82, 2.24) is 5.32 Å². The van der Waals surface area contributed by atoms with Crippen LogP contribution >= 0.6 is 0 Å². The van der Waals surface area contributed by atoms with Crippen LogP contribution in [0, 0.1) is 5.92 Å². The molecular weight excluding hydrogens is 170 g/mol. The van der Waals surface area contributed by atoms with Crippen molar-refractivity contribution in [3.05, 3.63) is 12.7 Å². The topological polar surface area (TPSA) is 47.6 Å². The van der Waals surface area contributed by atoms with E-state index >= 15 is 0 Å². The Morgan fingerprint density at radius 3 is 2.77 bits per heavy atom. The predicted octanol–water partition coefficient (Wildman–Crippen LogP) is 0.893. The molecule has 0 saturated carbocycles. The highest BCUT2D eigenvalue weighted by molar-refractivity contribution is 5.86. The van der Waals surface area contributed by atoms with Crippen LogP contribution in [0.15, 0.2) is 12.7 Å². The van der Waals surface area contributed by atoms with Crippen molar-refractivity contribution in [2.75, 3.05) is 20.1 Å². The van der Waals surface area contributed by atoms with Gasteiger partial charge in [-0.25, -0.2) is 0 Å². The molecule has 0 bridgehead atoms. The van der Waals surface area contributed by atoms with Gasteiger partial charge in [0.05, 0.1) is 6.61 Å². The lowest BCUT2D eigenvalue weighted by atomic mass is 10.2. The first-order valence-electron chi connectivity index (χ1n) is 4.22. The third-order valence-corrected chi connectivity index (χ3v) is 1.15. The molecule has 4 heteroatoms. The lowest BCUT2D eigenvalue weighted by Crippen LogP contribution is -2.24. The van der Waals surface area contributed by atoms with E-state index in [1.54, 1.807) is 0 Å². The Balaban J connectivity index is 3.08. The Bertz CT molecular complexity index is 157. The third-order valence-electron chi connectivity index (χ3n) is 1.15. The van der Waals surface area contributed by atoms with Gasteiger partial charge >= 0.3 is 0 Å². The van der Waals surface area contributed by atoms with Gasteiger partial charge in [0.2, 0.25) is 5.91 Å². The third kappa shape index (κ3) is 9.04. The van der Waals surface area contributed by atoms with Gasteiger partial charge in [-0.2, -0.15) is 0 Å². The van der Waals surface area contributed by atoms with Crippen LogP contribution in [0.5, 0.6) is 0 Å². The molecule has 4 nitrogen and oxygen atoms in total. The number of nitrogens with one attached hydrogen (secondary N) is 1. The van der Waals surface area contributed by atoms with Crippen molar-refractivity contribution in [3.8, 4) is 0 Å². The van der Waals surface area contributed by atoms with Crippen LogP contribution in [-0.2, 0) is 14.3 Å². The summed E-state index contributed by atoms with van der Waals surface area (Å²) in [6, 6.07) is 0. The van der Waals surface area contributed by atoms with E-state index < -0.39 is 0 Å². The SMILES string of the molecule is C=CC(=O)NCOCOCC(C)C. The van der Waals surface area contributed by atoms with Gasteiger partial charge < -0.3 is 14.8 Å². The van der Waals surface area contributed by atoms with Crippen LogP contribution in [0.25, 0.3) is 0 Å². The molecule has 0 aromatic rings. The molecule has 1 N–H and O–H groups in total. The second-order valence-electron chi connectivity index (χ2n) is 2.98. The summed E-state index contributed by atoms with van der Waals surface area (Å²) in [5.41, 5.74) is 0. The van der Waals surface area contributed by atoms with Gasteiger partial charge in [-0.3, -0.25) is 4.79 Å². The fraction of sp³-hybridized carbons (Fsp3) is 0.667. The number of carbonyl (C=O) groups is 1. The first-order valence-corrected chi connectivity index (χ1v) is 4.22. The molecular formula is C9H17NO3. The number of rotatable bonds is 7. The smallest absolute Gasteiger partial charge is 0.245 e. The van der Waals surface area contributed by atoms with E-state index in [1.165, 1.54) is 6.08 Å². The molecule has 0 aromatic heterocycles. The molecule has 0 fully saturated rings. The molecule has 0 unspecified atom stereocenters. The zero-order chi connectivity index (χ0) is 10.1. The van der Waals surface area contributed by atoms with Crippen molar-refractivity contribution in [1.29, 1.82) is 0 Å². The van der Waals surface area contributed by atoms with Crippen LogP contribution < -0.4 is 5.32 Å². The normalized spacial score (nSPS) is 10.1. The lowest BCUT2D eigenvalue weighted by molar-refractivity contribution is -0.121. The zero-order valence-electron chi connectivity index (χ0n) is 8.21. The largest absolute Gasteiger partial charge is 0.355 e. The molecule has 76 valence electrons. The van der Waals surface area contributed by atoms with E-state index in [2.05, 4.69) is 25.7 Å². The van der Waals surface area contributed by atoms with Gasteiger partial charge in [0.25, 0.3) is 0 Å². The van der Waals surface area contributed by atoms with Gasteiger partial charge in [0.15, 0.2) is 0 Å². The van der Waals surface area contributed by atoms with Crippen LogP contribution in [0.2, 0.25) is 0 Å². The van der Waals surface area contributed by atoms with E-state index in [0.717, 1.165) is 0 Å². The van der Waals surface area contributed by atoms with Crippen molar-refractivity contribution >= 4 is 5.91 Å². The average Bonchev–Trinajstić information content (AvgIpc) is 2.10. The second-order valence-corrected chi connectivity index (χ2v) is 2.98. The highest BCUT2D eigenvalue weighted by Crippen LogP contribution is 1.91. The molecule has 0 radical (unpaired) electrons. The Kier molecular flexibility index (Phi) is 7.24. The van der Waals surface area contributed by atoms with Gasteiger partial charge in [-0.15, -0.1) is 0 Å². The Morgan fingerprint density at radius 2 is 2.23 bits per heavy atom. The molecule has 1 amide bonds. The highest BCUT2D eigenvalue weighted by atomic mass is 16.7. The summed E-state index contributed by atoms with van der Waals surface area (Å²) in [6.07, 6.45) is 1.19. The van der Waals surface area contributed by atoms with E-state index in [1.807, 2.05) is 0 Å². The standard InChI is InChI=1S/C9H17NO3/c1-4-9(11)10-6-13-7-12-5-8(2)3/h4,8H,1,5-7H2,2-3H3,(H,10,11). The summed E-state index contributed by atoms with van der Waals surface area (Å²) in [5.74, 6) is 0.246. The van der Waals surface area contributed by atoms with Gasteiger partial charge in [0, 0.05) is 0 Å². The summed E-state index contributed by atoms with van der Waals surface area (Å²) in [4.78, 5) is 10.6. The molecule has 0 saturated heterocycles. The van der Waals surface area contributed by atoms with Crippen LogP contribution in [-0.4, -0.2) is 26.0 Å². The Morgan fingerprint density at radius 1 is 1.54 bits per heavy atom. The number of amides is 1. The maximum Gasteiger partial charge on any atom is 0.245 e. The molecule has 0 aliphatic heterocycles. The molecule has 0 rings (SSSR count). The molecule has 0 atom stereocenters. The van der Waals surface area contributed by atoms with Crippen LogP contribution in [0.3, 0.4) is 0 Å². The minimum absolute atomic E-state index is 0.156. The fourth-order valence-corrected chi connectivity index (χ4v) is 0.579. The number of hydrogen-bond donors (Lipinski definition) is 1. The number of ether oxygens (including phenoxy) is 2. The second kappa shape index (κ2) is 7.76. The van der Waals surface area contributed by atoms with Crippen molar-refractivity contribution in [3.63, 3.8) is 0 Å². The maximum absolute atomic E-state index is 10.6. The predicted molar refractivity (Wildman–Crippen MR) is 49.9 cm³/mol. The van der Waals surface area contributed by atoms with E-state index in [-0.39, 0.29) is 19.4 Å². The summed E-state index contributed by atoms with van der Waals surface area (Å²) >= 11 is 0. The van der Waals surface area contributed by atoms with Gasteiger partial charge in [-0.1, -0.05) is 20.4 Å². The number of hydrogen-bond acceptors (Lipinski definition) is 3. The van der Waals surface area contributed by atoms with Crippen LogP contribution in [0.4, 0.5) is 0 Å².